The topological polar surface area (TPSA) is 66.8 Å². The summed E-state index contributed by atoms with van der Waals surface area (Å²) in [6, 6.07) is 2.89. The maximum atomic E-state index is 12.5. The molecular weight excluding hydrogens is 327 g/mol. The zero-order valence-electron chi connectivity index (χ0n) is 13.8. The van der Waals surface area contributed by atoms with Crippen molar-refractivity contribution in [2.24, 2.45) is 0 Å². The lowest BCUT2D eigenvalue weighted by molar-refractivity contribution is -0.142. The maximum Gasteiger partial charge on any atom is 0.416 e. The zero-order valence-corrected chi connectivity index (χ0v) is 13.8. The molecule has 1 N–H and O–H groups in total. The molecule has 0 aliphatic rings. The summed E-state index contributed by atoms with van der Waals surface area (Å²) in [6.45, 7) is 4.93. The summed E-state index contributed by atoms with van der Waals surface area (Å²) in [5, 5.41) is 9.31. The van der Waals surface area contributed by atoms with Crippen molar-refractivity contribution in [2.75, 3.05) is 7.05 Å². The Hall–Kier alpha value is -2.25. The van der Waals surface area contributed by atoms with E-state index in [1.165, 1.54) is 19.2 Å². The van der Waals surface area contributed by atoms with Gasteiger partial charge in [-0.15, -0.1) is 0 Å². The lowest BCUT2D eigenvalue weighted by atomic mass is 10.0. The van der Waals surface area contributed by atoms with Crippen molar-refractivity contribution in [2.45, 2.75) is 45.0 Å². The first kappa shape index (κ1) is 19.8. The number of aliphatic carboxylic acids is 1. The third-order valence-corrected chi connectivity index (χ3v) is 3.14. The van der Waals surface area contributed by atoms with Crippen LogP contribution in [0.4, 0.5) is 18.0 Å². The van der Waals surface area contributed by atoms with Crippen LogP contribution in [0, 0.1) is 0 Å². The Morgan fingerprint density at radius 1 is 1.17 bits per heavy atom. The van der Waals surface area contributed by atoms with Crippen molar-refractivity contribution >= 4 is 12.1 Å². The standard InChI is InChI=1S/C16H20F3NO4/c1-15(2,3)24-14(23)20(4)12(13(21)22)9-10-5-7-11(8-6-10)16(17,18)19/h5-8,12H,9H2,1-4H3,(H,21,22). The van der Waals surface area contributed by atoms with Crippen LogP contribution in [-0.2, 0) is 22.1 Å². The van der Waals surface area contributed by atoms with Gasteiger partial charge in [0.2, 0.25) is 0 Å². The summed E-state index contributed by atoms with van der Waals surface area (Å²) in [6.07, 6.45) is -5.41. The van der Waals surface area contributed by atoms with E-state index in [9.17, 15) is 27.9 Å². The molecule has 5 nitrogen and oxygen atoms in total. The number of hydrogen-bond donors (Lipinski definition) is 1. The van der Waals surface area contributed by atoms with Gasteiger partial charge in [-0.3, -0.25) is 4.90 Å². The van der Waals surface area contributed by atoms with Crippen molar-refractivity contribution in [3.8, 4) is 0 Å². The van der Waals surface area contributed by atoms with Gasteiger partial charge in [-0.2, -0.15) is 13.2 Å². The number of amides is 1. The van der Waals surface area contributed by atoms with E-state index in [0.717, 1.165) is 17.0 Å². The fraction of sp³-hybridized carbons (Fsp3) is 0.500. The van der Waals surface area contributed by atoms with Gasteiger partial charge < -0.3 is 9.84 Å². The van der Waals surface area contributed by atoms with Crippen molar-refractivity contribution in [3.05, 3.63) is 35.4 Å². The Bertz CT molecular complexity index is 591. The normalized spacial score (nSPS) is 13.3. The highest BCUT2D eigenvalue weighted by Crippen LogP contribution is 2.29. The van der Waals surface area contributed by atoms with Crippen LogP contribution < -0.4 is 0 Å². The highest BCUT2D eigenvalue weighted by molar-refractivity contribution is 5.80. The molecule has 1 aromatic rings. The largest absolute Gasteiger partial charge is 0.480 e. The van der Waals surface area contributed by atoms with Crippen LogP contribution in [0.15, 0.2) is 24.3 Å². The van der Waals surface area contributed by atoms with E-state index in [0.29, 0.717) is 5.56 Å². The van der Waals surface area contributed by atoms with E-state index in [-0.39, 0.29) is 6.42 Å². The second kappa shape index (κ2) is 7.11. The van der Waals surface area contributed by atoms with Crippen molar-refractivity contribution < 1.29 is 32.6 Å². The molecule has 1 unspecified atom stereocenters. The second-order valence-corrected chi connectivity index (χ2v) is 6.34. The molecule has 0 spiro atoms. The number of halogens is 3. The number of carbonyl (C=O) groups excluding carboxylic acids is 1. The summed E-state index contributed by atoms with van der Waals surface area (Å²) in [5.41, 5.74) is -1.24. The number of ether oxygens (including phenoxy) is 1. The second-order valence-electron chi connectivity index (χ2n) is 6.34. The molecule has 1 aromatic carbocycles. The van der Waals surface area contributed by atoms with E-state index < -0.39 is 35.4 Å². The van der Waals surface area contributed by atoms with Crippen LogP contribution in [-0.4, -0.2) is 40.8 Å². The molecule has 0 aliphatic heterocycles. The fourth-order valence-corrected chi connectivity index (χ4v) is 1.90. The SMILES string of the molecule is CN(C(=O)OC(C)(C)C)C(Cc1ccc(C(F)(F)F)cc1)C(=O)O. The van der Waals surface area contributed by atoms with Gasteiger partial charge in [0, 0.05) is 13.5 Å². The summed E-state index contributed by atoms with van der Waals surface area (Å²) in [5.74, 6) is -1.27. The number of carboxylic acids is 1. The van der Waals surface area contributed by atoms with Crippen molar-refractivity contribution in [1.82, 2.24) is 4.90 Å². The molecule has 0 heterocycles. The number of carboxylic acid groups (broad SMARTS) is 1. The van der Waals surface area contributed by atoms with Gasteiger partial charge in [0.05, 0.1) is 5.56 Å². The number of alkyl halides is 3. The maximum absolute atomic E-state index is 12.5. The Balaban J connectivity index is 2.90. The lowest BCUT2D eigenvalue weighted by Crippen LogP contribution is -2.46. The van der Waals surface area contributed by atoms with Gasteiger partial charge in [-0.25, -0.2) is 9.59 Å². The highest BCUT2D eigenvalue weighted by atomic mass is 19.4. The lowest BCUT2D eigenvalue weighted by Gasteiger charge is -2.28. The van der Waals surface area contributed by atoms with E-state index >= 15 is 0 Å². The van der Waals surface area contributed by atoms with Crippen LogP contribution in [0.3, 0.4) is 0 Å². The van der Waals surface area contributed by atoms with Gasteiger partial charge in [0.15, 0.2) is 0 Å². The van der Waals surface area contributed by atoms with Crippen LogP contribution >= 0.6 is 0 Å². The third kappa shape index (κ3) is 5.75. The van der Waals surface area contributed by atoms with Gasteiger partial charge in [0.25, 0.3) is 0 Å². The molecule has 8 heteroatoms. The van der Waals surface area contributed by atoms with Gasteiger partial charge >= 0.3 is 18.2 Å². The molecule has 0 aliphatic carbocycles. The minimum absolute atomic E-state index is 0.136. The Labute approximate surface area is 138 Å². The molecule has 134 valence electrons. The molecule has 0 bridgehead atoms. The quantitative estimate of drug-likeness (QED) is 0.904. The molecule has 24 heavy (non-hydrogen) atoms. The summed E-state index contributed by atoms with van der Waals surface area (Å²) in [4.78, 5) is 24.3. The molecule has 1 amide bonds. The van der Waals surface area contributed by atoms with E-state index in [1.54, 1.807) is 20.8 Å². The summed E-state index contributed by atoms with van der Waals surface area (Å²) >= 11 is 0. The Morgan fingerprint density at radius 2 is 1.67 bits per heavy atom. The molecule has 0 saturated carbocycles. The van der Waals surface area contributed by atoms with Crippen molar-refractivity contribution in [1.29, 1.82) is 0 Å². The van der Waals surface area contributed by atoms with Gasteiger partial charge in [-0.1, -0.05) is 12.1 Å². The minimum atomic E-state index is -4.46. The number of rotatable bonds is 4. The predicted molar refractivity (Wildman–Crippen MR) is 80.6 cm³/mol. The Morgan fingerprint density at radius 3 is 2.04 bits per heavy atom. The average Bonchev–Trinajstić information content (AvgIpc) is 2.41. The molecule has 0 fully saturated rings. The number of nitrogens with zero attached hydrogens (tertiary/aromatic N) is 1. The summed E-state index contributed by atoms with van der Waals surface area (Å²) in [7, 11) is 1.27. The summed E-state index contributed by atoms with van der Waals surface area (Å²) < 4.78 is 42.7. The number of likely N-dealkylation sites (N-methyl/N-ethyl adjacent to an activating group) is 1. The molecule has 0 saturated heterocycles. The number of carbonyl (C=O) groups is 2. The first-order chi connectivity index (χ1) is 10.8. The van der Waals surface area contributed by atoms with E-state index in [2.05, 4.69) is 0 Å². The first-order valence-electron chi connectivity index (χ1n) is 7.16. The van der Waals surface area contributed by atoms with E-state index in [4.69, 9.17) is 4.74 Å². The Kier molecular flexibility index (Phi) is 5.86. The molecule has 1 atom stereocenters. The van der Waals surface area contributed by atoms with Crippen molar-refractivity contribution in [3.63, 3.8) is 0 Å². The van der Waals surface area contributed by atoms with Gasteiger partial charge in [-0.05, 0) is 38.5 Å². The number of benzene rings is 1. The highest BCUT2D eigenvalue weighted by Gasteiger charge is 2.32. The monoisotopic (exact) mass is 347 g/mol. The first-order valence-corrected chi connectivity index (χ1v) is 7.16. The minimum Gasteiger partial charge on any atom is -0.480 e. The molecule has 1 rings (SSSR count). The van der Waals surface area contributed by atoms with Crippen LogP contribution in [0.5, 0.6) is 0 Å². The average molecular weight is 347 g/mol. The van der Waals surface area contributed by atoms with Crippen LogP contribution in [0.2, 0.25) is 0 Å². The van der Waals surface area contributed by atoms with Gasteiger partial charge in [0.1, 0.15) is 11.6 Å². The molecular formula is C16H20F3NO4. The van der Waals surface area contributed by atoms with Crippen LogP contribution in [0.25, 0.3) is 0 Å². The third-order valence-electron chi connectivity index (χ3n) is 3.14. The fourth-order valence-electron chi connectivity index (χ4n) is 1.90. The number of hydrogen-bond acceptors (Lipinski definition) is 3. The molecule has 0 radical (unpaired) electrons. The van der Waals surface area contributed by atoms with E-state index in [1.807, 2.05) is 0 Å². The predicted octanol–water partition coefficient (Wildman–Crippen LogP) is 3.57. The zero-order chi connectivity index (χ0) is 18.7. The van der Waals surface area contributed by atoms with Crippen LogP contribution in [0.1, 0.15) is 31.9 Å². The molecule has 0 aromatic heterocycles. The smallest absolute Gasteiger partial charge is 0.416 e.